The predicted molar refractivity (Wildman–Crippen MR) is 148 cm³/mol. The maximum absolute atomic E-state index is 13.6. The number of aromatic hydroxyl groups is 1. The van der Waals surface area contributed by atoms with Gasteiger partial charge in [-0.25, -0.2) is 0 Å². The van der Waals surface area contributed by atoms with Crippen LogP contribution in [0.15, 0.2) is 71.7 Å². The predicted octanol–water partition coefficient (Wildman–Crippen LogP) is 7.54. The van der Waals surface area contributed by atoms with E-state index in [1.807, 2.05) is 48.7 Å². The number of thiophene rings is 1. The molecule has 0 bridgehead atoms. The van der Waals surface area contributed by atoms with Crippen LogP contribution in [0.2, 0.25) is 0 Å². The zero-order valence-electron chi connectivity index (χ0n) is 20.7. The summed E-state index contributed by atoms with van der Waals surface area (Å²) >= 11 is 1.56. The number of aliphatic imine (C=N–C) groups is 1. The number of rotatable bonds is 12. The molecule has 5 nitrogen and oxygen atoms in total. The lowest BCUT2D eigenvalue weighted by Gasteiger charge is -2.07. The third kappa shape index (κ3) is 6.13. The Morgan fingerprint density at radius 2 is 1.72 bits per heavy atom. The summed E-state index contributed by atoms with van der Waals surface area (Å²) in [6, 6.07) is 19.9. The summed E-state index contributed by atoms with van der Waals surface area (Å²) in [7, 11) is 1.63. The van der Waals surface area contributed by atoms with Crippen LogP contribution < -0.4 is 9.47 Å². The molecule has 1 heterocycles. The van der Waals surface area contributed by atoms with E-state index < -0.39 is 0 Å². The molecule has 1 aromatic heterocycles. The van der Waals surface area contributed by atoms with Crippen LogP contribution in [0.1, 0.15) is 48.5 Å². The van der Waals surface area contributed by atoms with Crippen molar-refractivity contribution >= 4 is 33.4 Å². The molecule has 0 aliphatic rings. The molecule has 0 saturated heterocycles. The van der Waals surface area contributed by atoms with Gasteiger partial charge < -0.3 is 14.6 Å². The van der Waals surface area contributed by atoms with Crippen molar-refractivity contribution in [1.29, 1.82) is 0 Å². The standard InChI is InChI=1S/C30H31NO4S/c1-3-4-5-6-17-31-18-19-35-24-13-9-22(10-14-24)30-28(29(33)21-7-11-23(32)12-8-21)26-16-15-25(34-2)20-27(26)36-30/h7-16,18,20,32H,3-6,17,19H2,1-2H3. The fourth-order valence-electron chi connectivity index (χ4n) is 4.00. The summed E-state index contributed by atoms with van der Waals surface area (Å²) < 4.78 is 12.2. The number of benzene rings is 3. The SMILES string of the molecule is CCCCCCN=CCOc1ccc(-c2sc3cc(OC)ccc3c2C(=O)c2ccc(O)cc2)cc1. The molecule has 1 N–H and O–H groups in total. The van der Waals surface area contributed by atoms with Crippen molar-refractivity contribution in [3.8, 4) is 27.7 Å². The highest BCUT2D eigenvalue weighted by molar-refractivity contribution is 7.22. The van der Waals surface area contributed by atoms with E-state index in [9.17, 15) is 9.90 Å². The number of ketones is 1. The molecule has 4 aromatic rings. The number of methoxy groups -OCH3 is 1. The zero-order chi connectivity index (χ0) is 25.3. The van der Waals surface area contributed by atoms with Gasteiger partial charge in [0.1, 0.15) is 23.9 Å². The van der Waals surface area contributed by atoms with Gasteiger partial charge in [0.2, 0.25) is 0 Å². The number of carbonyl (C=O) groups excluding carboxylic acids is 1. The zero-order valence-corrected chi connectivity index (χ0v) is 21.5. The second-order valence-corrected chi connectivity index (χ2v) is 9.58. The average molecular weight is 502 g/mol. The van der Waals surface area contributed by atoms with Gasteiger partial charge in [0, 0.05) is 38.8 Å². The van der Waals surface area contributed by atoms with Crippen LogP contribution in [0.25, 0.3) is 20.5 Å². The molecule has 186 valence electrons. The van der Waals surface area contributed by atoms with E-state index >= 15 is 0 Å². The first-order valence-corrected chi connectivity index (χ1v) is 13.1. The minimum absolute atomic E-state index is 0.0862. The van der Waals surface area contributed by atoms with Crippen LogP contribution in [0.4, 0.5) is 0 Å². The Bertz CT molecular complexity index is 1320. The molecule has 0 amide bonds. The Labute approximate surface area is 216 Å². The number of unbranched alkanes of at least 4 members (excludes halogenated alkanes) is 3. The average Bonchev–Trinajstić information content (AvgIpc) is 3.29. The molecule has 0 saturated carbocycles. The van der Waals surface area contributed by atoms with Crippen molar-refractivity contribution < 1.29 is 19.4 Å². The molecular formula is C30H31NO4S. The second-order valence-electron chi connectivity index (χ2n) is 8.53. The monoisotopic (exact) mass is 501 g/mol. The topological polar surface area (TPSA) is 68.1 Å². The van der Waals surface area contributed by atoms with E-state index in [1.165, 1.54) is 31.4 Å². The summed E-state index contributed by atoms with van der Waals surface area (Å²) in [5.41, 5.74) is 2.11. The van der Waals surface area contributed by atoms with Gasteiger partial charge in [0.25, 0.3) is 0 Å². The third-order valence-electron chi connectivity index (χ3n) is 5.96. The molecule has 6 heteroatoms. The van der Waals surface area contributed by atoms with Gasteiger partial charge in [0.15, 0.2) is 5.78 Å². The van der Waals surface area contributed by atoms with Crippen molar-refractivity contribution in [2.24, 2.45) is 4.99 Å². The number of hydrogen-bond acceptors (Lipinski definition) is 6. The maximum Gasteiger partial charge on any atom is 0.195 e. The Kier molecular flexibility index (Phi) is 8.74. The first kappa shape index (κ1) is 25.5. The van der Waals surface area contributed by atoms with Crippen LogP contribution >= 0.6 is 11.3 Å². The Balaban J connectivity index is 1.56. The van der Waals surface area contributed by atoms with Crippen LogP contribution in [0.5, 0.6) is 17.2 Å². The molecule has 3 aromatic carbocycles. The molecule has 36 heavy (non-hydrogen) atoms. The number of fused-ring (bicyclic) bond motifs is 1. The smallest absolute Gasteiger partial charge is 0.195 e. The maximum atomic E-state index is 13.6. The first-order chi connectivity index (χ1) is 17.6. The van der Waals surface area contributed by atoms with Crippen molar-refractivity contribution in [3.63, 3.8) is 0 Å². The van der Waals surface area contributed by atoms with Gasteiger partial charge in [-0.2, -0.15) is 0 Å². The number of phenols is 1. The van der Waals surface area contributed by atoms with Gasteiger partial charge in [-0.1, -0.05) is 26.2 Å². The minimum atomic E-state index is -0.0862. The highest BCUT2D eigenvalue weighted by Gasteiger charge is 2.22. The van der Waals surface area contributed by atoms with E-state index in [0.717, 1.165) is 45.0 Å². The summed E-state index contributed by atoms with van der Waals surface area (Å²) in [6.07, 6.45) is 6.65. The van der Waals surface area contributed by atoms with Gasteiger partial charge in [-0.3, -0.25) is 9.79 Å². The number of nitrogens with zero attached hydrogens (tertiary/aromatic N) is 1. The van der Waals surface area contributed by atoms with Gasteiger partial charge >= 0.3 is 0 Å². The largest absolute Gasteiger partial charge is 0.508 e. The Morgan fingerprint density at radius 3 is 2.44 bits per heavy atom. The lowest BCUT2D eigenvalue weighted by Crippen LogP contribution is -2.02. The Hall–Kier alpha value is -3.64. The van der Waals surface area contributed by atoms with E-state index in [0.29, 0.717) is 17.7 Å². The normalized spacial score (nSPS) is 11.3. The lowest BCUT2D eigenvalue weighted by atomic mass is 9.97. The quantitative estimate of drug-likeness (QED) is 0.124. The molecule has 0 atom stereocenters. The van der Waals surface area contributed by atoms with Crippen LogP contribution in [0.3, 0.4) is 0 Å². The third-order valence-corrected chi connectivity index (χ3v) is 7.17. The van der Waals surface area contributed by atoms with E-state index in [1.54, 1.807) is 30.6 Å². The summed E-state index contributed by atoms with van der Waals surface area (Å²) in [4.78, 5) is 18.9. The van der Waals surface area contributed by atoms with Gasteiger partial charge in [-0.15, -0.1) is 11.3 Å². The first-order valence-electron chi connectivity index (χ1n) is 12.3. The van der Waals surface area contributed by atoms with Crippen molar-refractivity contribution in [2.75, 3.05) is 20.3 Å². The molecular weight excluding hydrogens is 470 g/mol. The number of carbonyl (C=O) groups is 1. The molecule has 0 spiro atoms. The van der Waals surface area contributed by atoms with Crippen molar-refractivity contribution in [3.05, 3.63) is 77.9 Å². The fraction of sp³-hybridized carbons (Fsp3) is 0.267. The van der Waals surface area contributed by atoms with E-state index in [-0.39, 0.29) is 11.5 Å². The number of ether oxygens (including phenoxy) is 2. The highest BCUT2D eigenvalue weighted by atomic mass is 32.1. The summed E-state index contributed by atoms with van der Waals surface area (Å²) in [5.74, 6) is 1.54. The molecule has 0 aliphatic carbocycles. The van der Waals surface area contributed by atoms with Crippen molar-refractivity contribution in [1.82, 2.24) is 0 Å². The molecule has 0 radical (unpaired) electrons. The Morgan fingerprint density at radius 1 is 0.972 bits per heavy atom. The van der Waals surface area contributed by atoms with Crippen LogP contribution in [-0.2, 0) is 0 Å². The molecule has 0 unspecified atom stereocenters. The van der Waals surface area contributed by atoms with Crippen LogP contribution in [-0.4, -0.2) is 37.4 Å². The van der Waals surface area contributed by atoms with Crippen molar-refractivity contribution in [2.45, 2.75) is 32.6 Å². The molecule has 0 aliphatic heterocycles. The van der Waals surface area contributed by atoms with Crippen LogP contribution in [0, 0.1) is 0 Å². The fourth-order valence-corrected chi connectivity index (χ4v) is 5.23. The van der Waals surface area contributed by atoms with Gasteiger partial charge in [0.05, 0.1) is 7.11 Å². The molecule has 0 fully saturated rings. The van der Waals surface area contributed by atoms with Gasteiger partial charge in [-0.05, 0) is 78.7 Å². The van der Waals surface area contributed by atoms with E-state index in [4.69, 9.17) is 9.47 Å². The number of phenolic OH excluding ortho intramolecular Hbond substituents is 1. The molecule has 4 rings (SSSR count). The lowest BCUT2D eigenvalue weighted by molar-refractivity contribution is 0.104. The van der Waals surface area contributed by atoms with E-state index in [2.05, 4.69) is 11.9 Å². The number of hydrogen-bond donors (Lipinski definition) is 1. The second kappa shape index (κ2) is 12.4. The minimum Gasteiger partial charge on any atom is -0.508 e. The summed E-state index contributed by atoms with van der Waals surface area (Å²) in [5, 5.41) is 10.5. The highest BCUT2D eigenvalue weighted by Crippen LogP contribution is 2.41. The summed E-state index contributed by atoms with van der Waals surface area (Å²) in [6.45, 7) is 3.48.